The molecule has 1 aliphatic rings. The fourth-order valence-corrected chi connectivity index (χ4v) is 5.54. The smallest absolute Gasteiger partial charge is 0.228 e. The Morgan fingerprint density at radius 3 is 2.51 bits per heavy atom. The van der Waals surface area contributed by atoms with Crippen molar-refractivity contribution in [1.82, 2.24) is 9.27 Å². The molecule has 1 aromatic heterocycles. The van der Waals surface area contributed by atoms with Crippen LogP contribution in [0.15, 0.2) is 72.8 Å². The number of halogens is 1. The molecule has 1 amide bonds. The first-order valence-corrected chi connectivity index (χ1v) is 13.2. The highest BCUT2D eigenvalue weighted by Gasteiger charge is 2.20. The molecule has 0 atom stereocenters. The fourth-order valence-electron chi connectivity index (χ4n) is 4.62. The molecule has 1 fully saturated rings. The minimum Gasteiger partial charge on any atom is -0.353 e. The van der Waals surface area contributed by atoms with Crippen molar-refractivity contribution in [2.24, 2.45) is 0 Å². The molecule has 5 nitrogen and oxygen atoms in total. The maximum absolute atomic E-state index is 12.6. The van der Waals surface area contributed by atoms with Gasteiger partial charge < -0.3 is 10.2 Å². The Labute approximate surface area is 215 Å². The van der Waals surface area contributed by atoms with Crippen LogP contribution in [0.4, 0.5) is 11.5 Å². The van der Waals surface area contributed by atoms with Crippen LogP contribution in [0.2, 0.25) is 5.02 Å². The van der Waals surface area contributed by atoms with E-state index in [9.17, 15) is 4.79 Å². The van der Waals surface area contributed by atoms with E-state index < -0.39 is 0 Å². The highest BCUT2D eigenvalue weighted by Crippen LogP contribution is 2.30. The lowest BCUT2D eigenvalue weighted by atomic mass is 10.1. The third-order valence-electron chi connectivity index (χ3n) is 6.52. The Hall–Kier alpha value is -2.93. The molecule has 0 radical (unpaired) electrons. The Bertz CT molecular complexity index is 1280. The summed E-state index contributed by atoms with van der Waals surface area (Å²) in [5, 5.41) is 5.04. The standard InChI is InChI=1S/C28H29ClN4OS/c29-23-13-11-21(12-14-23)20-27(34)30-25-9-3-1-6-22(25)7-5-15-32-16-18-33(19-17-32)28-24-8-2-4-10-26(24)35-31-28/h1-4,6,8-14H,5,7,15-20H2,(H,30,34). The number of amides is 1. The van der Waals surface area contributed by atoms with Crippen molar-refractivity contribution in [3.05, 3.63) is 88.9 Å². The van der Waals surface area contributed by atoms with E-state index in [1.807, 2.05) is 42.5 Å². The number of piperazine rings is 1. The summed E-state index contributed by atoms with van der Waals surface area (Å²) >= 11 is 7.53. The molecule has 1 saturated heterocycles. The molecule has 1 aliphatic heterocycles. The summed E-state index contributed by atoms with van der Waals surface area (Å²) in [7, 11) is 0. The first kappa shape index (κ1) is 23.8. The highest BCUT2D eigenvalue weighted by atomic mass is 35.5. The zero-order valence-corrected chi connectivity index (χ0v) is 21.2. The second-order valence-electron chi connectivity index (χ2n) is 8.94. The Kier molecular flexibility index (Phi) is 7.62. The molecule has 35 heavy (non-hydrogen) atoms. The van der Waals surface area contributed by atoms with Gasteiger partial charge in [-0.2, -0.15) is 4.37 Å². The van der Waals surface area contributed by atoms with Crippen LogP contribution in [0.25, 0.3) is 10.1 Å². The number of benzene rings is 3. The largest absolute Gasteiger partial charge is 0.353 e. The van der Waals surface area contributed by atoms with Crippen molar-refractivity contribution in [2.45, 2.75) is 19.3 Å². The molecule has 0 bridgehead atoms. The lowest BCUT2D eigenvalue weighted by molar-refractivity contribution is -0.115. The van der Waals surface area contributed by atoms with Crippen LogP contribution < -0.4 is 10.2 Å². The third-order valence-corrected chi connectivity index (χ3v) is 7.59. The van der Waals surface area contributed by atoms with Crippen molar-refractivity contribution in [1.29, 1.82) is 0 Å². The number of hydrogen-bond donors (Lipinski definition) is 1. The van der Waals surface area contributed by atoms with E-state index in [2.05, 4.69) is 45.4 Å². The Morgan fingerprint density at radius 1 is 0.943 bits per heavy atom. The van der Waals surface area contributed by atoms with E-state index >= 15 is 0 Å². The molecule has 5 rings (SSSR count). The number of fused-ring (bicyclic) bond motifs is 1. The number of hydrogen-bond acceptors (Lipinski definition) is 5. The number of carbonyl (C=O) groups is 1. The number of aryl methyl sites for hydroxylation is 1. The van der Waals surface area contributed by atoms with Crippen molar-refractivity contribution in [2.75, 3.05) is 42.9 Å². The molecule has 4 aromatic rings. The van der Waals surface area contributed by atoms with Gasteiger partial charge in [0.15, 0.2) is 0 Å². The van der Waals surface area contributed by atoms with Crippen LogP contribution in [0.1, 0.15) is 17.5 Å². The van der Waals surface area contributed by atoms with E-state index in [0.717, 1.165) is 62.6 Å². The van der Waals surface area contributed by atoms with E-state index in [4.69, 9.17) is 16.0 Å². The highest BCUT2D eigenvalue weighted by molar-refractivity contribution is 7.13. The number of carbonyl (C=O) groups excluding carboxylic acids is 1. The number of rotatable bonds is 8. The summed E-state index contributed by atoms with van der Waals surface area (Å²) < 4.78 is 5.97. The van der Waals surface area contributed by atoms with Crippen LogP contribution in [0.5, 0.6) is 0 Å². The monoisotopic (exact) mass is 504 g/mol. The predicted octanol–water partition coefficient (Wildman–Crippen LogP) is 5.89. The number of nitrogens with zero attached hydrogens (tertiary/aromatic N) is 3. The molecule has 2 heterocycles. The van der Waals surface area contributed by atoms with Gasteiger partial charge in [-0.3, -0.25) is 9.69 Å². The van der Waals surface area contributed by atoms with Gasteiger partial charge in [0.1, 0.15) is 5.82 Å². The van der Waals surface area contributed by atoms with Gasteiger partial charge in [0.05, 0.1) is 11.1 Å². The summed E-state index contributed by atoms with van der Waals surface area (Å²) in [6.45, 7) is 5.16. The number of nitrogens with one attached hydrogen (secondary N) is 1. The van der Waals surface area contributed by atoms with Gasteiger partial charge in [0.2, 0.25) is 5.91 Å². The van der Waals surface area contributed by atoms with Crippen LogP contribution in [-0.2, 0) is 17.6 Å². The third kappa shape index (κ3) is 6.01. The Balaban J connectivity index is 1.10. The summed E-state index contributed by atoms with van der Waals surface area (Å²) in [6.07, 6.45) is 2.34. The maximum Gasteiger partial charge on any atom is 0.228 e. The number of anilines is 2. The first-order chi connectivity index (χ1) is 17.2. The van der Waals surface area contributed by atoms with E-state index in [1.54, 1.807) is 11.5 Å². The Morgan fingerprint density at radius 2 is 1.69 bits per heavy atom. The second kappa shape index (κ2) is 11.2. The second-order valence-corrected chi connectivity index (χ2v) is 10.2. The van der Waals surface area contributed by atoms with E-state index in [-0.39, 0.29) is 5.91 Å². The normalized spacial score (nSPS) is 14.4. The van der Waals surface area contributed by atoms with Gasteiger partial charge in [0.25, 0.3) is 0 Å². The zero-order chi connectivity index (χ0) is 24.0. The van der Waals surface area contributed by atoms with Crippen molar-refractivity contribution < 1.29 is 4.79 Å². The van der Waals surface area contributed by atoms with Crippen LogP contribution in [0.3, 0.4) is 0 Å². The van der Waals surface area contributed by atoms with Crippen LogP contribution >= 0.6 is 23.1 Å². The molecule has 0 aliphatic carbocycles. The molecule has 7 heteroatoms. The molecular weight excluding hydrogens is 476 g/mol. The van der Waals surface area contributed by atoms with Gasteiger partial charge in [-0.25, -0.2) is 0 Å². The molecule has 1 N–H and O–H groups in total. The average Bonchev–Trinajstić information content (AvgIpc) is 3.31. The van der Waals surface area contributed by atoms with Crippen molar-refractivity contribution in [3.63, 3.8) is 0 Å². The molecule has 0 saturated carbocycles. The predicted molar refractivity (Wildman–Crippen MR) is 147 cm³/mol. The topological polar surface area (TPSA) is 48.5 Å². The van der Waals surface area contributed by atoms with Gasteiger partial charge in [-0.15, -0.1) is 0 Å². The van der Waals surface area contributed by atoms with Gasteiger partial charge in [0, 0.05) is 42.3 Å². The molecule has 180 valence electrons. The van der Waals surface area contributed by atoms with Crippen molar-refractivity contribution in [3.8, 4) is 0 Å². The number of para-hydroxylation sites is 1. The van der Waals surface area contributed by atoms with Gasteiger partial charge in [-0.05, 0) is 72.4 Å². The van der Waals surface area contributed by atoms with Gasteiger partial charge in [-0.1, -0.05) is 54.1 Å². The number of aromatic nitrogens is 1. The van der Waals surface area contributed by atoms with Crippen LogP contribution in [0, 0.1) is 0 Å². The lowest BCUT2D eigenvalue weighted by Gasteiger charge is -2.35. The molecule has 0 unspecified atom stereocenters. The lowest BCUT2D eigenvalue weighted by Crippen LogP contribution is -2.46. The molecule has 3 aromatic carbocycles. The summed E-state index contributed by atoms with van der Waals surface area (Å²) in [6, 6.07) is 24.0. The summed E-state index contributed by atoms with van der Waals surface area (Å²) in [5.41, 5.74) is 3.05. The quantitative estimate of drug-likeness (QED) is 0.325. The summed E-state index contributed by atoms with van der Waals surface area (Å²) in [5.74, 6) is 1.12. The average molecular weight is 505 g/mol. The fraction of sp³-hybridized carbons (Fsp3) is 0.286. The van der Waals surface area contributed by atoms with E-state index in [0.29, 0.717) is 11.4 Å². The van der Waals surface area contributed by atoms with E-state index in [1.165, 1.54) is 15.6 Å². The van der Waals surface area contributed by atoms with Gasteiger partial charge >= 0.3 is 0 Å². The molecular formula is C28H29ClN4OS. The SMILES string of the molecule is O=C(Cc1ccc(Cl)cc1)Nc1ccccc1CCCN1CCN(c2nsc3ccccc23)CC1. The zero-order valence-electron chi connectivity index (χ0n) is 19.6. The minimum absolute atomic E-state index is 0.00884. The van der Waals surface area contributed by atoms with Crippen molar-refractivity contribution >= 4 is 50.6 Å². The van der Waals surface area contributed by atoms with Crippen LogP contribution in [-0.4, -0.2) is 47.9 Å². The minimum atomic E-state index is -0.00884. The first-order valence-electron chi connectivity index (χ1n) is 12.1. The maximum atomic E-state index is 12.6. The molecule has 0 spiro atoms. The summed E-state index contributed by atoms with van der Waals surface area (Å²) in [4.78, 5) is 17.5.